The zero-order valence-corrected chi connectivity index (χ0v) is 14.5. The fraction of sp³-hybridized carbons (Fsp3) is 0.200. The fourth-order valence-corrected chi connectivity index (χ4v) is 2.55. The van der Waals surface area contributed by atoms with Gasteiger partial charge in [0.1, 0.15) is 5.82 Å². The van der Waals surface area contributed by atoms with Gasteiger partial charge < -0.3 is 10.6 Å². The van der Waals surface area contributed by atoms with Crippen LogP contribution in [0, 0.1) is 27.7 Å². The van der Waals surface area contributed by atoms with E-state index < -0.39 is 0 Å². The predicted molar refractivity (Wildman–Crippen MR) is 100 cm³/mol. The smallest absolute Gasteiger partial charge is 0.229 e. The van der Waals surface area contributed by atoms with E-state index in [1.54, 1.807) is 0 Å². The Hall–Kier alpha value is -2.88. The number of anilines is 4. The molecule has 0 saturated carbocycles. The average Bonchev–Trinajstić information content (AvgIpc) is 2.54. The molecule has 1 heterocycles. The highest BCUT2D eigenvalue weighted by Gasteiger charge is 2.07. The van der Waals surface area contributed by atoms with Gasteiger partial charge in [0.15, 0.2) is 0 Å². The Morgan fingerprint density at radius 1 is 0.708 bits per heavy atom. The third kappa shape index (κ3) is 3.54. The second kappa shape index (κ2) is 6.71. The van der Waals surface area contributed by atoms with Crippen molar-refractivity contribution in [3.05, 3.63) is 70.9 Å². The minimum absolute atomic E-state index is 0.595. The summed E-state index contributed by atoms with van der Waals surface area (Å²) < 4.78 is 0. The van der Waals surface area contributed by atoms with E-state index >= 15 is 0 Å². The van der Waals surface area contributed by atoms with Crippen molar-refractivity contribution in [1.82, 2.24) is 9.97 Å². The van der Waals surface area contributed by atoms with Gasteiger partial charge >= 0.3 is 0 Å². The summed E-state index contributed by atoms with van der Waals surface area (Å²) in [7, 11) is 0. The standard InChI is InChI=1S/C20H22N4/c1-13-9-7-11-18(16(13)4)22-19-12-15(3)21-20(24-19)23-17-10-6-5-8-14(17)2/h5-12H,1-4H3,(H2,21,22,23,24). The molecule has 3 rings (SSSR count). The SMILES string of the molecule is Cc1cc(Nc2cccc(C)c2C)nc(Nc2ccccc2C)n1. The molecule has 4 heteroatoms. The lowest BCUT2D eigenvalue weighted by Crippen LogP contribution is -2.04. The fourth-order valence-electron chi connectivity index (χ4n) is 2.55. The number of rotatable bonds is 4. The van der Waals surface area contributed by atoms with Crippen LogP contribution >= 0.6 is 0 Å². The van der Waals surface area contributed by atoms with Crippen molar-refractivity contribution < 1.29 is 0 Å². The van der Waals surface area contributed by atoms with Crippen LogP contribution in [0.15, 0.2) is 48.5 Å². The third-order valence-electron chi connectivity index (χ3n) is 4.11. The zero-order chi connectivity index (χ0) is 17.1. The van der Waals surface area contributed by atoms with E-state index in [0.29, 0.717) is 5.95 Å². The molecular formula is C20H22N4. The van der Waals surface area contributed by atoms with Gasteiger partial charge in [-0.25, -0.2) is 4.98 Å². The largest absolute Gasteiger partial charge is 0.340 e. The Balaban J connectivity index is 1.89. The molecule has 122 valence electrons. The molecule has 2 N–H and O–H groups in total. The van der Waals surface area contributed by atoms with Crippen LogP contribution < -0.4 is 10.6 Å². The van der Waals surface area contributed by atoms with Gasteiger partial charge in [0.05, 0.1) is 0 Å². The van der Waals surface area contributed by atoms with E-state index in [-0.39, 0.29) is 0 Å². The van der Waals surface area contributed by atoms with Gasteiger partial charge in [-0.2, -0.15) is 4.98 Å². The van der Waals surface area contributed by atoms with Crippen molar-refractivity contribution in [3.63, 3.8) is 0 Å². The van der Waals surface area contributed by atoms with Crippen molar-refractivity contribution in [2.45, 2.75) is 27.7 Å². The predicted octanol–water partition coefficient (Wildman–Crippen LogP) is 5.20. The molecular weight excluding hydrogens is 296 g/mol. The van der Waals surface area contributed by atoms with E-state index in [1.165, 1.54) is 11.1 Å². The Kier molecular flexibility index (Phi) is 4.47. The molecule has 3 aromatic rings. The molecule has 2 aromatic carbocycles. The minimum Gasteiger partial charge on any atom is -0.340 e. The Morgan fingerprint density at radius 3 is 2.21 bits per heavy atom. The van der Waals surface area contributed by atoms with E-state index in [4.69, 9.17) is 0 Å². The Morgan fingerprint density at radius 2 is 1.42 bits per heavy atom. The van der Waals surface area contributed by atoms with Gasteiger partial charge in [-0.1, -0.05) is 30.3 Å². The first-order valence-corrected chi connectivity index (χ1v) is 8.04. The number of hydrogen-bond donors (Lipinski definition) is 2. The van der Waals surface area contributed by atoms with Crippen molar-refractivity contribution in [1.29, 1.82) is 0 Å². The van der Waals surface area contributed by atoms with E-state index in [1.807, 2.05) is 37.3 Å². The minimum atomic E-state index is 0.595. The molecule has 0 aliphatic carbocycles. The maximum atomic E-state index is 4.60. The van der Waals surface area contributed by atoms with Gasteiger partial charge in [-0.3, -0.25) is 0 Å². The van der Waals surface area contributed by atoms with Crippen molar-refractivity contribution in [2.75, 3.05) is 10.6 Å². The van der Waals surface area contributed by atoms with Crippen LogP contribution in [0.1, 0.15) is 22.4 Å². The van der Waals surface area contributed by atoms with Crippen LogP contribution in [0.3, 0.4) is 0 Å². The molecule has 0 aliphatic heterocycles. The zero-order valence-electron chi connectivity index (χ0n) is 14.5. The summed E-state index contributed by atoms with van der Waals surface area (Å²) in [6.45, 7) is 8.25. The van der Waals surface area contributed by atoms with Crippen LogP contribution in [0.5, 0.6) is 0 Å². The quantitative estimate of drug-likeness (QED) is 0.694. The summed E-state index contributed by atoms with van der Waals surface area (Å²) in [6, 6.07) is 16.3. The summed E-state index contributed by atoms with van der Waals surface area (Å²) in [5.74, 6) is 1.38. The summed E-state index contributed by atoms with van der Waals surface area (Å²) in [5.41, 5.74) is 6.63. The monoisotopic (exact) mass is 318 g/mol. The summed E-state index contributed by atoms with van der Waals surface area (Å²) >= 11 is 0. The molecule has 0 unspecified atom stereocenters. The maximum Gasteiger partial charge on any atom is 0.229 e. The first-order chi connectivity index (χ1) is 11.5. The lowest BCUT2D eigenvalue weighted by molar-refractivity contribution is 1.10. The average molecular weight is 318 g/mol. The van der Waals surface area contributed by atoms with Crippen molar-refractivity contribution in [3.8, 4) is 0 Å². The van der Waals surface area contributed by atoms with Gasteiger partial charge in [-0.15, -0.1) is 0 Å². The molecule has 0 amide bonds. The first kappa shape index (κ1) is 16.0. The van der Waals surface area contributed by atoms with Crippen LogP contribution in [0.25, 0.3) is 0 Å². The molecule has 0 atom stereocenters. The molecule has 0 aliphatic rings. The van der Waals surface area contributed by atoms with Crippen LogP contribution in [0.4, 0.5) is 23.1 Å². The molecule has 1 aromatic heterocycles. The number of aryl methyl sites for hydroxylation is 3. The number of nitrogens with one attached hydrogen (secondary N) is 2. The topological polar surface area (TPSA) is 49.8 Å². The van der Waals surface area contributed by atoms with Gasteiger partial charge in [-0.05, 0) is 56.5 Å². The number of nitrogens with zero attached hydrogens (tertiary/aromatic N) is 2. The van der Waals surface area contributed by atoms with E-state index in [0.717, 1.165) is 28.5 Å². The van der Waals surface area contributed by atoms with Gasteiger partial charge in [0.25, 0.3) is 0 Å². The second-order valence-corrected chi connectivity index (χ2v) is 6.03. The Labute approximate surface area is 143 Å². The van der Waals surface area contributed by atoms with Crippen molar-refractivity contribution >= 4 is 23.1 Å². The lowest BCUT2D eigenvalue weighted by atomic mass is 10.1. The highest BCUT2D eigenvalue weighted by Crippen LogP contribution is 2.24. The molecule has 0 radical (unpaired) electrons. The van der Waals surface area contributed by atoms with Gasteiger partial charge in [0, 0.05) is 23.1 Å². The third-order valence-corrected chi connectivity index (χ3v) is 4.11. The molecule has 0 spiro atoms. The van der Waals surface area contributed by atoms with Crippen LogP contribution in [-0.4, -0.2) is 9.97 Å². The highest BCUT2D eigenvalue weighted by atomic mass is 15.1. The summed E-state index contributed by atoms with van der Waals surface area (Å²) in [6.07, 6.45) is 0. The van der Waals surface area contributed by atoms with E-state index in [9.17, 15) is 0 Å². The number of hydrogen-bond acceptors (Lipinski definition) is 4. The normalized spacial score (nSPS) is 10.5. The maximum absolute atomic E-state index is 4.60. The summed E-state index contributed by atoms with van der Waals surface area (Å²) in [4.78, 5) is 9.09. The van der Waals surface area contributed by atoms with E-state index in [2.05, 4.69) is 59.6 Å². The van der Waals surface area contributed by atoms with Crippen molar-refractivity contribution in [2.24, 2.45) is 0 Å². The lowest BCUT2D eigenvalue weighted by Gasteiger charge is -2.13. The van der Waals surface area contributed by atoms with Crippen LogP contribution in [0.2, 0.25) is 0 Å². The van der Waals surface area contributed by atoms with Crippen LogP contribution in [-0.2, 0) is 0 Å². The first-order valence-electron chi connectivity index (χ1n) is 8.04. The molecule has 0 bridgehead atoms. The highest BCUT2D eigenvalue weighted by molar-refractivity contribution is 5.64. The van der Waals surface area contributed by atoms with Gasteiger partial charge in [0.2, 0.25) is 5.95 Å². The molecule has 24 heavy (non-hydrogen) atoms. The number of aromatic nitrogens is 2. The molecule has 4 nitrogen and oxygen atoms in total. The number of para-hydroxylation sites is 1. The Bertz CT molecular complexity index is 871. The number of benzene rings is 2. The summed E-state index contributed by atoms with van der Waals surface area (Å²) in [5, 5.41) is 6.71. The molecule has 0 saturated heterocycles. The molecule has 0 fully saturated rings. The second-order valence-electron chi connectivity index (χ2n) is 6.03.